The highest BCUT2D eigenvalue weighted by Crippen LogP contribution is 2.22. The summed E-state index contributed by atoms with van der Waals surface area (Å²) in [5.74, 6) is -0.124. The number of nitrogens with zero attached hydrogens (tertiary/aromatic N) is 2. The molecule has 1 N–H and O–H groups in total. The molecule has 0 spiro atoms. The number of hydrogen-bond donors (Lipinski definition) is 1. The molecule has 6 nitrogen and oxygen atoms in total. The van der Waals surface area contributed by atoms with Gasteiger partial charge < -0.3 is 5.32 Å². The smallest absolute Gasteiger partial charge is 0.263 e. The first-order valence-electron chi connectivity index (χ1n) is 8.72. The van der Waals surface area contributed by atoms with Gasteiger partial charge in [0.25, 0.3) is 5.91 Å². The van der Waals surface area contributed by atoms with E-state index in [0.717, 1.165) is 17.7 Å². The number of sulfonamides is 1. The number of piperidine rings is 1. The molecule has 26 heavy (non-hydrogen) atoms. The largest absolute Gasteiger partial charge is 0.348 e. The van der Waals surface area contributed by atoms with Crippen LogP contribution in [-0.2, 0) is 16.4 Å². The van der Waals surface area contributed by atoms with Crippen LogP contribution in [-0.4, -0.2) is 42.7 Å². The van der Waals surface area contributed by atoms with Crippen molar-refractivity contribution in [3.8, 4) is 0 Å². The molecule has 2 heterocycles. The Morgan fingerprint density at radius 3 is 2.46 bits per heavy atom. The fraction of sp³-hybridized carbons (Fsp3) is 0.444. The number of amides is 1. The van der Waals surface area contributed by atoms with Crippen LogP contribution in [0.4, 0.5) is 0 Å². The van der Waals surface area contributed by atoms with E-state index >= 15 is 0 Å². The summed E-state index contributed by atoms with van der Waals surface area (Å²) in [6.45, 7) is 4.66. The van der Waals surface area contributed by atoms with E-state index in [1.165, 1.54) is 15.6 Å². The number of nitrogens with one attached hydrogen (secondary N) is 1. The summed E-state index contributed by atoms with van der Waals surface area (Å²) in [6, 6.07) is 7.05. The lowest BCUT2D eigenvalue weighted by Crippen LogP contribution is -2.46. The molecular weight excluding hydrogens is 370 g/mol. The predicted molar refractivity (Wildman–Crippen MR) is 102 cm³/mol. The molecule has 1 aliphatic rings. The van der Waals surface area contributed by atoms with Crippen molar-refractivity contribution in [1.29, 1.82) is 0 Å². The number of benzene rings is 1. The fourth-order valence-electron chi connectivity index (χ4n) is 3.06. The van der Waals surface area contributed by atoms with Gasteiger partial charge in [0.2, 0.25) is 10.0 Å². The molecule has 0 unspecified atom stereocenters. The molecule has 1 amide bonds. The molecule has 0 aliphatic carbocycles. The minimum absolute atomic E-state index is 0.0158. The first kappa shape index (κ1) is 19.0. The number of aromatic nitrogens is 1. The van der Waals surface area contributed by atoms with Gasteiger partial charge in [-0.2, -0.15) is 4.31 Å². The lowest BCUT2D eigenvalue weighted by Gasteiger charge is -2.31. The van der Waals surface area contributed by atoms with E-state index in [1.54, 1.807) is 17.6 Å². The fourth-order valence-corrected chi connectivity index (χ4v) is 5.23. The molecule has 1 aromatic heterocycles. The first-order valence-corrected chi connectivity index (χ1v) is 11.0. The Hall–Kier alpha value is -1.77. The van der Waals surface area contributed by atoms with Gasteiger partial charge in [-0.25, -0.2) is 13.4 Å². The molecule has 140 valence electrons. The summed E-state index contributed by atoms with van der Waals surface area (Å²) in [5.41, 5.74) is 3.50. The van der Waals surface area contributed by atoms with Gasteiger partial charge in [-0.15, -0.1) is 11.3 Å². The number of aryl methyl sites for hydroxylation is 2. The molecule has 0 atom stereocenters. The highest BCUT2D eigenvalue weighted by atomic mass is 32.2. The van der Waals surface area contributed by atoms with Crippen molar-refractivity contribution in [2.45, 2.75) is 44.0 Å². The van der Waals surface area contributed by atoms with Crippen molar-refractivity contribution in [2.24, 2.45) is 0 Å². The van der Waals surface area contributed by atoms with Gasteiger partial charge in [0.15, 0.2) is 0 Å². The molecule has 1 aromatic carbocycles. The molecule has 2 aromatic rings. The van der Waals surface area contributed by atoms with Crippen molar-refractivity contribution in [3.63, 3.8) is 0 Å². The zero-order chi connectivity index (χ0) is 18.7. The van der Waals surface area contributed by atoms with E-state index in [1.807, 2.05) is 26.0 Å². The zero-order valence-electron chi connectivity index (χ0n) is 14.9. The van der Waals surface area contributed by atoms with E-state index in [-0.39, 0.29) is 11.9 Å². The SMILES string of the molecule is CCc1ccc(S(=O)(=O)N2CCC(NC(=O)c3scnc3C)CC2)cc1. The van der Waals surface area contributed by atoms with E-state index in [9.17, 15) is 13.2 Å². The summed E-state index contributed by atoms with van der Waals surface area (Å²) < 4.78 is 27.1. The second-order valence-electron chi connectivity index (χ2n) is 6.42. The number of rotatable bonds is 5. The number of carbonyl (C=O) groups excluding carboxylic acids is 1. The lowest BCUT2D eigenvalue weighted by atomic mass is 10.1. The van der Waals surface area contributed by atoms with E-state index in [0.29, 0.717) is 35.7 Å². The van der Waals surface area contributed by atoms with Crippen LogP contribution in [0.15, 0.2) is 34.7 Å². The summed E-state index contributed by atoms with van der Waals surface area (Å²) >= 11 is 1.32. The van der Waals surface area contributed by atoms with Crippen LogP contribution in [0.3, 0.4) is 0 Å². The Morgan fingerprint density at radius 1 is 1.27 bits per heavy atom. The third-order valence-electron chi connectivity index (χ3n) is 4.71. The van der Waals surface area contributed by atoms with E-state index in [2.05, 4.69) is 10.3 Å². The average molecular weight is 394 g/mol. The maximum absolute atomic E-state index is 12.8. The second kappa shape index (κ2) is 7.85. The second-order valence-corrected chi connectivity index (χ2v) is 9.21. The third-order valence-corrected chi connectivity index (χ3v) is 7.55. The maximum Gasteiger partial charge on any atom is 0.263 e. The van der Waals surface area contributed by atoms with E-state index in [4.69, 9.17) is 0 Å². The van der Waals surface area contributed by atoms with E-state index < -0.39 is 10.0 Å². The van der Waals surface area contributed by atoms with Crippen LogP contribution in [0.5, 0.6) is 0 Å². The Kier molecular flexibility index (Phi) is 5.74. The molecule has 0 bridgehead atoms. The van der Waals surface area contributed by atoms with Gasteiger partial charge in [-0.1, -0.05) is 19.1 Å². The van der Waals surface area contributed by atoms with Crippen molar-refractivity contribution in [3.05, 3.63) is 45.9 Å². The average Bonchev–Trinajstić information content (AvgIpc) is 3.08. The summed E-state index contributed by atoms with van der Waals surface area (Å²) in [6.07, 6.45) is 2.09. The van der Waals surface area contributed by atoms with Crippen molar-refractivity contribution >= 4 is 27.3 Å². The molecule has 3 rings (SSSR count). The van der Waals surface area contributed by atoms with Crippen molar-refractivity contribution in [1.82, 2.24) is 14.6 Å². The minimum Gasteiger partial charge on any atom is -0.348 e. The van der Waals surface area contributed by atoms with Gasteiger partial charge >= 0.3 is 0 Å². The standard InChI is InChI=1S/C18H23N3O3S2/c1-3-14-4-6-16(7-5-14)26(23,24)21-10-8-15(9-11-21)20-18(22)17-13(2)19-12-25-17/h4-7,12,15H,3,8-11H2,1-2H3,(H,20,22). The molecule has 8 heteroatoms. The topological polar surface area (TPSA) is 79.4 Å². The van der Waals surface area contributed by atoms with Crippen molar-refractivity contribution in [2.75, 3.05) is 13.1 Å². The molecule has 1 aliphatic heterocycles. The van der Waals surface area contributed by atoms with Crippen LogP contribution in [0.2, 0.25) is 0 Å². The molecule has 0 saturated carbocycles. The van der Waals surface area contributed by atoms with Gasteiger partial charge in [0, 0.05) is 19.1 Å². The van der Waals surface area contributed by atoms with Gasteiger partial charge in [0.05, 0.1) is 16.1 Å². The monoisotopic (exact) mass is 393 g/mol. The molecule has 1 fully saturated rings. The highest BCUT2D eigenvalue weighted by molar-refractivity contribution is 7.89. The zero-order valence-corrected chi connectivity index (χ0v) is 16.6. The Labute approximate surface area is 158 Å². The minimum atomic E-state index is -3.48. The predicted octanol–water partition coefficient (Wildman–Crippen LogP) is 2.60. The van der Waals surface area contributed by atoms with Gasteiger partial charge in [0.1, 0.15) is 4.88 Å². The highest BCUT2D eigenvalue weighted by Gasteiger charge is 2.30. The van der Waals surface area contributed by atoms with Crippen LogP contribution in [0.25, 0.3) is 0 Å². The number of hydrogen-bond acceptors (Lipinski definition) is 5. The summed E-state index contributed by atoms with van der Waals surface area (Å²) in [5, 5.41) is 3.00. The molecule has 0 radical (unpaired) electrons. The van der Waals surface area contributed by atoms with Crippen LogP contribution in [0, 0.1) is 6.92 Å². The molecule has 1 saturated heterocycles. The van der Waals surface area contributed by atoms with Crippen LogP contribution in [0.1, 0.15) is 40.7 Å². The quantitative estimate of drug-likeness (QED) is 0.847. The van der Waals surface area contributed by atoms with Crippen LogP contribution < -0.4 is 5.32 Å². The van der Waals surface area contributed by atoms with Crippen molar-refractivity contribution < 1.29 is 13.2 Å². The Bertz CT molecular complexity index is 867. The van der Waals surface area contributed by atoms with Gasteiger partial charge in [-0.05, 0) is 43.9 Å². The summed E-state index contributed by atoms with van der Waals surface area (Å²) in [4.78, 5) is 17.3. The third kappa shape index (κ3) is 3.97. The van der Waals surface area contributed by atoms with Gasteiger partial charge in [-0.3, -0.25) is 4.79 Å². The Balaban J connectivity index is 1.60. The van der Waals surface area contributed by atoms with Crippen LogP contribution >= 0.6 is 11.3 Å². The lowest BCUT2D eigenvalue weighted by molar-refractivity contribution is 0.0927. The Morgan fingerprint density at radius 2 is 1.92 bits per heavy atom. The molecular formula is C18H23N3O3S2. The maximum atomic E-state index is 12.8. The normalized spacial score (nSPS) is 16.5. The first-order chi connectivity index (χ1) is 12.4. The summed E-state index contributed by atoms with van der Waals surface area (Å²) in [7, 11) is -3.48. The number of thiazole rings is 1. The number of carbonyl (C=O) groups is 1.